The topological polar surface area (TPSA) is 42.0 Å². The first-order chi connectivity index (χ1) is 8.72. The molecule has 0 radical (unpaired) electrons. The van der Waals surface area contributed by atoms with Crippen LogP contribution >= 0.6 is 11.8 Å². The Bertz CT molecular complexity index is 343. The molecule has 1 unspecified atom stereocenters. The van der Waals surface area contributed by atoms with Gasteiger partial charge in [0, 0.05) is 12.2 Å². The van der Waals surface area contributed by atoms with Crippen LogP contribution in [0.1, 0.15) is 39.5 Å². The highest BCUT2D eigenvalue weighted by Crippen LogP contribution is 2.13. The van der Waals surface area contributed by atoms with E-state index in [-0.39, 0.29) is 11.9 Å². The Balaban J connectivity index is 2.17. The maximum Gasteiger partial charge on any atom is 0.230 e. The van der Waals surface area contributed by atoms with Crippen LogP contribution in [0.15, 0.2) is 29.4 Å². The summed E-state index contributed by atoms with van der Waals surface area (Å²) < 4.78 is 0. The van der Waals surface area contributed by atoms with E-state index in [0.29, 0.717) is 5.75 Å². The highest BCUT2D eigenvalue weighted by Gasteiger charge is 2.07. The molecule has 0 fully saturated rings. The van der Waals surface area contributed by atoms with E-state index in [1.807, 2.05) is 18.2 Å². The second-order valence-electron chi connectivity index (χ2n) is 4.42. The SMILES string of the molecule is CCCCCC(C)NC(=O)CSc1ccccn1. The molecule has 3 nitrogen and oxygen atoms in total. The molecule has 1 atom stereocenters. The molecule has 100 valence electrons. The predicted molar refractivity (Wildman–Crippen MR) is 76.7 cm³/mol. The predicted octanol–water partition coefficient (Wildman–Crippen LogP) is 3.26. The van der Waals surface area contributed by atoms with Gasteiger partial charge in [-0.05, 0) is 25.5 Å². The Morgan fingerprint density at radius 2 is 2.28 bits per heavy atom. The minimum absolute atomic E-state index is 0.0923. The molecular weight excluding hydrogens is 244 g/mol. The van der Waals surface area contributed by atoms with Gasteiger partial charge in [0.15, 0.2) is 0 Å². The van der Waals surface area contributed by atoms with Crippen LogP contribution < -0.4 is 5.32 Å². The molecule has 0 aromatic carbocycles. The number of rotatable bonds is 8. The maximum absolute atomic E-state index is 11.7. The van der Waals surface area contributed by atoms with Crippen molar-refractivity contribution in [3.63, 3.8) is 0 Å². The van der Waals surface area contributed by atoms with E-state index < -0.39 is 0 Å². The Morgan fingerprint density at radius 3 is 2.94 bits per heavy atom. The van der Waals surface area contributed by atoms with E-state index in [9.17, 15) is 4.79 Å². The third-order valence-corrected chi connectivity index (χ3v) is 3.58. The average molecular weight is 266 g/mol. The summed E-state index contributed by atoms with van der Waals surface area (Å²) in [6, 6.07) is 6.00. The van der Waals surface area contributed by atoms with Crippen LogP contribution in [0, 0.1) is 0 Å². The number of nitrogens with zero attached hydrogens (tertiary/aromatic N) is 1. The smallest absolute Gasteiger partial charge is 0.230 e. The van der Waals surface area contributed by atoms with Crippen LogP contribution in [0.3, 0.4) is 0 Å². The molecule has 0 aliphatic carbocycles. The van der Waals surface area contributed by atoms with Crippen molar-refractivity contribution in [1.29, 1.82) is 0 Å². The van der Waals surface area contributed by atoms with Crippen molar-refractivity contribution in [2.75, 3.05) is 5.75 Å². The van der Waals surface area contributed by atoms with Gasteiger partial charge in [-0.25, -0.2) is 4.98 Å². The quantitative estimate of drug-likeness (QED) is 0.580. The molecule has 0 saturated heterocycles. The van der Waals surface area contributed by atoms with E-state index in [1.54, 1.807) is 6.20 Å². The van der Waals surface area contributed by atoms with Gasteiger partial charge < -0.3 is 5.32 Å². The minimum atomic E-state index is 0.0923. The second-order valence-corrected chi connectivity index (χ2v) is 5.42. The summed E-state index contributed by atoms with van der Waals surface area (Å²) in [5, 5.41) is 3.92. The number of aromatic nitrogens is 1. The molecule has 1 aromatic heterocycles. The molecule has 1 N–H and O–H groups in total. The number of carbonyl (C=O) groups excluding carboxylic acids is 1. The summed E-state index contributed by atoms with van der Waals surface area (Å²) in [7, 11) is 0. The summed E-state index contributed by atoms with van der Waals surface area (Å²) in [6.07, 6.45) is 6.45. The zero-order chi connectivity index (χ0) is 13.2. The second kappa shape index (κ2) is 8.97. The standard InChI is InChI=1S/C14H22N2OS/c1-3-4-5-8-12(2)16-13(17)11-18-14-9-6-7-10-15-14/h6-7,9-10,12H,3-5,8,11H2,1-2H3,(H,16,17). The monoisotopic (exact) mass is 266 g/mol. The van der Waals surface area contributed by atoms with Gasteiger partial charge in [0.25, 0.3) is 0 Å². The van der Waals surface area contributed by atoms with Crippen LogP contribution in [0.25, 0.3) is 0 Å². The third kappa shape index (κ3) is 6.64. The minimum Gasteiger partial charge on any atom is -0.353 e. The molecule has 1 amide bonds. The van der Waals surface area contributed by atoms with E-state index in [2.05, 4.69) is 24.1 Å². The number of amides is 1. The fourth-order valence-corrected chi connectivity index (χ4v) is 2.33. The summed E-state index contributed by atoms with van der Waals surface area (Å²) in [5.74, 6) is 0.532. The summed E-state index contributed by atoms with van der Waals surface area (Å²) in [4.78, 5) is 15.9. The molecule has 18 heavy (non-hydrogen) atoms. The fraction of sp³-hybridized carbons (Fsp3) is 0.571. The van der Waals surface area contributed by atoms with Crippen molar-refractivity contribution in [3.05, 3.63) is 24.4 Å². The lowest BCUT2D eigenvalue weighted by Crippen LogP contribution is -2.33. The first kappa shape index (κ1) is 15.0. The maximum atomic E-state index is 11.7. The van der Waals surface area contributed by atoms with Gasteiger partial charge in [-0.2, -0.15) is 0 Å². The van der Waals surface area contributed by atoms with Gasteiger partial charge in [-0.15, -0.1) is 0 Å². The number of hydrogen-bond acceptors (Lipinski definition) is 3. The van der Waals surface area contributed by atoms with Crippen LogP contribution in [-0.4, -0.2) is 22.7 Å². The number of carbonyl (C=O) groups is 1. The number of hydrogen-bond donors (Lipinski definition) is 1. The van der Waals surface area contributed by atoms with Gasteiger partial charge in [0.05, 0.1) is 10.8 Å². The van der Waals surface area contributed by atoms with E-state index >= 15 is 0 Å². The molecule has 0 aliphatic rings. The lowest BCUT2D eigenvalue weighted by Gasteiger charge is -2.13. The molecule has 0 saturated carbocycles. The van der Waals surface area contributed by atoms with E-state index in [4.69, 9.17) is 0 Å². The lowest BCUT2D eigenvalue weighted by molar-refractivity contribution is -0.119. The first-order valence-electron chi connectivity index (χ1n) is 6.55. The lowest BCUT2D eigenvalue weighted by atomic mass is 10.1. The van der Waals surface area contributed by atoms with Crippen molar-refractivity contribution in [2.24, 2.45) is 0 Å². The Hall–Kier alpha value is -1.03. The van der Waals surface area contributed by atoms with Crippen molar-refractivity contribution < 1.29 is 4.79 Å². The molecular formula is C14H22N2OS. The molecule has 0 spiro atoms. The van der Waals surface area contributed by atoms with Crippen LogP contribution in [-0.2, 0) is 4.79 Å². The zero-order valence-corrected chi connectivity index (χ0v) is 12.0. The molecule has 0 aliphatic heterocycles. The van der Waals surface area contributed by atoms with Gasteiger partial charge >= 0.3 is 0 Å². The van der Waals surface area contributed by atoms with Crippen molar-refractivity contribution in [3.8, 4) is 0 Å². The zero-order valence-electron chi connectivity index (χ0n) is 11.2. The van der Waals surface area contributed by atoms with Crippen LogP contribution in [0.2, 0.25) is 0 Å². The Morgan fingerprint density at radius 1 is 1.44 bits per heavy atom. The third-order valence-electron chi connectivity index (χ3n) is 2.64. The number of unbranched alkanes of at least 4 members (excludes halogenated alkanes) is 2. The normalized spacial score (nSPS) is 12.1. The number of pyridine rings is 1. The van der Waals surface area contributed by atoms with Gasteiger partial charge in [-0.1, -0.05) is 44.0 Å². The van der Waals surface area contributed by atoms with Crippen molar-refractivity contribution in [2.45, 2.75) is 50.6 Å². The first-order valence-corrected chi connectivity index (χ1v) is 7.54. The molecule has 0 bridgehead atoms. The Kier molecular flexibility index (Phi) is 7.49. The van der Waals surface area contributed by atoms with Gasteiger partial charge in [0.2, 0.25) is 5.91 Å². The molecule has 1 rings (SSSR count). The highest BCUT2D eigenvalue weighted by atomic mass is 32.2. The highest BCUT2D eigenvalue weighted by molar-refractivity contribution is 7.99. The summed E-state index contributed by atoms with van der Waals surface area (Å²) >= 11 is 1.48. The summed E-state index contributed by atoms with van der Waals surface area (Å²) in [5.41, 5.74) is 0. The van der Waals surface area contributed by atoms with Gasteiger partial charge in [-0.3, -0.25) is 4.79 Å². The fourth-order valence-electron chi connectivity index (χ4n) is 1.66. The van der Waals surface area contributed by atoms with Crippen molar-refractivity contribution in [1.82, 2.24) is 10.3 Å². The molecule has 1 heterocycles. The summed E-state index contributed by atoms with van der Waals surface area (Å²) in [6.45, 7) is 4.26. The molecule has 1 aromatic rings. The number of nitrogens with one attached hydrogen (secondary N) is 1. The Labute approximate surface area is 114 Å². The van der Waals surface area contributed by atoms with Gasteiger partial charge in [0.1, 0.15) is 0 Å². The number of thioether (sulfide) groups is 1. The van der Waals surface area contributed by atoms with Crippen LogP contribution in [0.5, 0.6) is 0 Å². The van der Waals surface area contributed by atoms with Crippen LogP contribution in [0.4, 0.5) is 0 Å². The molecule has 4 heteroatoms. The average Bonchev–Trinajstić information content (AvgIpc) is 2.38. The van der Waals surface area contributed by atoms with E-state index in [1.165, 1.54) is 31.0 Å². The van der Waals surface area contributed by atoms with E-state index in [0.717, 1.165) is 11.4 Å². The van der Waals surface area contributed by atoms with Crippen molar-refractivity contribution >= 4 is 17.7 Å². The largest absolute Gasteiger partial charge is 0.353 e.